The highest BCUT2D eigenvalue weighted by molar-refractivity contribution is 5.84. The third kappa shape index (κ3) is 4.41. The summed E-state index contributed by atoms with van der Waals surface area (Å²) in [5.74, 6) is 0.851. The number of allylic oxidation sites excluding steroid dienone is 1. The standard InChI is InChI=1S/C32H54N2O4/c1-9-20(10-2)29(38)33-27-14-11-21-15-22-24(13-12-23(21)30(27,4)18-35)31(5)17-26(37)28(19(3)34(7)8)32(31,6)16-25(22)36/h11,19-20,22-24,26-28,35,37H,9-10,12-18H2,1-8H3,(H,33,38)/t19-,22+,23+,24+,26+,27-,28-,30-,31-,32+/m0/s1. The van der Waals surface area contributed by atoms with E-state index in [1.54, 1.807) is 0 Å². The predicted octanol–water partition coefficient (Wildman–Crippen LogP) is 4.58. The summed E-state index contributed by atoms with van der Waals surface area (Å²) in [5, 5.41) is 25.5. The third-order valence-electron chi connectivity index (χ3n) is 12.6. The van der Waals surface area contributed by atoms with Gasteiger partial charge in [0.2, 0.25) is 5.91 Å². The van der Waals surface area contributed by atoms with E-state index in [1.807, 2.05) is 0 Å². The summed E-state index contributed by atoms with van der Waals surface area (Å²) in [4.78, 5) is 29.2. The molecule has 216 valence electrons. The second-order valence-electron chi connectivity index (χ2n) is 14.3. The molecular formula is C32H54N2O4. The van der Waals surface area contributed by atoms with Crippen LogP contribution in [0, 0.1) is 45.8 Å². The topological polar surface area (TPSA) is 89.9 Å². The molecule has 0 aliphatic heterocycles. The molecule has 4 aliphatic carbocycles. The first-order valence-corrected chi connectivity index (χ1v) is 15.3. The molecule has 4 rings (SSSR count). The number of carbonyl (C=O) groups is 2. The first-order valence-electron chi connectivity index (χ1n) is 15.3. The van der Waals surface area contributed by atoms with Crippen molar-refractivity contribution in [2.24, 2.45) is 45.8 Å². The molecule has 0 aromatic heterocycles. The van der Waals surface area contributed by atoms with Crippen molar-refractivity contribution in [3.05, 3.63) is 11.6 Å². The Morgan fingerprint density at radius 2 is 1.82 bits per heavy atom. The van der Waals surface area contributed by atoms with E-state index in [0.29, 0.717) is 18.6 Å². The minimum absolute atomic E-state index is 0.00173. The van der Waals surface area contributed by atoms with Crippen molar-refractivity contribution in [1.82, 2.24) is 10.2 Å². The van der Waals surface area contributed by atoms with Crippen molar-refractivity contribution >= 4 is 11.7 Å². The summed E-state index contributed by atoms with van der Waals surface area (Å²) in [7, 11) is 4.14. The molecule has 6 nitrogen and oxygen atoms in total. The number of nitrogens with zero attached hydrogens (tertiary/aromatic N) is 1. The van der Waals surface area contributed by atoms with Crippen molar-refractivity contribution in [2.45, 2.75) is 111 Å². The van der Waals surface area contributed by atoms with Gasteiger partial charge in [-0.15, -0.1) is 0 Å². The van der Waals surface area contributed by atoms with Gasteiger partial charge in [0.15, 0.2) is 0 Å². The lowest BCUT2D eigenvalue weighted by Gasteiger charge is -2.56. The average molecular weight is 531 g/mol. The number of ketones is 1. The molecule has 0 aromatic rings. The zero-order chi connectivity index (χ0) is 28.2. The van der Waals surface area contributed by atoms with Gasteiger partial charge in [0.1, 0.15) is 5.78 Å². The first kappa shape index (κ1) is 29.7. The monoisotopic (exact) mass is 530 g/mol. The molecule has 4 aliphatic rings. The smallest absolute Gasteiger partial charge is 0.223 e. The van der Waals surface area contributed by atoms with E-state index in [4.69, 9.17) is 0 Å². The molecule has 1 amide bonds. The van der Waals surface area contributed by atoms with E-state index in [2.05, 4.69) is 71.9 Å². The molecule has 0 aromatic carbocycles. The maximum Gasteiger partial charge on any atom is 0.223 e. The van der Waals surface area contributed by atoms with Crippen molar-refractivity contribution in [1.29, 1.82) is 0 Å². The molecule has 6 heteroatoms. The third-order valence-corrected chi connectivity index (χ3v) is 12.6. The molecule has 3 saturated carbocycles. The number of aliphatic hydroxyl groups is 2. The Balaban J connectivity index is 1.65. The predicted molar refractivity (Wildman–Crippen MR) is 151 cm³/mol. The zero-order valence-electron chi connectivity index (χ0n) is 25.2. The van der Waals surface area contributed by atoms with Gasteiger partial charge in [0.25, 0.3) is 0 Å². The summed E-state index contributed by atoms with van der Waals surface area (Å²) in [6, 6.07) is 0.0824. The molecule has 0 saturated heterocycles. The number of nitrogens with one attached hydrogen (secondary N) is 1. The van der Waals surface area contributed by atoms with Gasteiger partial charge in [-0.05, 0) is 88.6 Å². The van der Waals surface area contributed by atoms with Crippen LogP contribution in [0.15, 0.2) is 11.6 Å². The van der Waals surface area contributed by atoms with Gasteiger partial charge in [0.05, 0.1) is 12.7 Å². The second kappa shape index (κ2) is 10.6. The van der Waals surface area contributed by atoms with Crippen LogP contribution in [0.1, 0.15) is 92.9 Å². The summed E-state index contributed by atoms with van der Waals surface area (Å²) < 4.78 is 0. The highest BCUT2D eigenvalue weighted by atomic mass is 16.3. The maximum atomic E-state index is 13.9. The van der Waals surface area contributed by atoms with Crippen LogP contribution in [0.4, 0.5) is 0 Å². The Morgan fingerprint density at radius 1 is 1.16 bits per heavy atom. The fraction of sp³-hybridized carbons (Fsp3) is 0.875. The van der Waals surface area contributed by atoms with Crippen molar-refractivity contribution in [3.8, 4) is 0 Å². The average Bonchev–Trinajstić information content (AvgIpc) is 2.98. The van der Waals surface area contributed by atoms with E-state index in [9.17, 15) is 19.8 Å². The zero-order valence-corrected chi connectivity index (χ0v) is 25.2. The highest BCUT2D eigenvalue weighted by Crippen LogP contribution is 2.69. The molecular weight excluding hydrogens is 476 g/mol. The fourth-order valence-electron chi connectivity index (χ4n) is 9.69. The minimum Gasteiger partial charge on any atom is -0.396 e. The number of amides is 1. The molecule has 38 heavy (non-hydrogen) atoms. The van der Waals surface area contributed by atoms with Crippen LogP contribution in [-0.4, -0.2) is 65.7 Å². The Kier molecular flexibility index (Phi) is 8.32. The van der Waals surface area contributed by atoms with Crippen LogP contribution in [0.3, 0.4) is 0 Å². The Hall–Kier alpha value is -1.24. The SMILES string of the molecule is CCC(CC)C(=O)N[C@H]1CC=C2C[C@H]3C(=O)C[C@]4(C)[C@@H]([C@H](C)N(C)C)[C@H](O)C[C@@]4(C)[C@@H]3CC[C@H]2[C@]1(C)CO. The number of rotatable bonds is 7. The van der Waals surface area contributed by atoms with Gasteiger partial charge in [-0.1, -0.05) is 46.3 Å². The van der Waals surface area contributed by atoms with Gasteiger partial charge < -0.3 is 20.4 Å². The Morgan fingerprint density at radius 3 is 2.39 bits per heavy atom. The number of hydrogen-bond donors (Lipinski definition) is 3. The number of Topliss-reactive ketones (excluding diaryl/α,β-unsaturated/α-hetero) is 1. The minimum atomic E-state index is -0.455. The molecule has 0 radical (unpaired) electrons. The van der Waals surface area contributed by atoms with Crippen LogP contribution < -0.4 is 5.32 Å². The van der Waals surface area contributed by atoms with Crippen LogP contribution in [0.2, 0.25) is 0 Å². The lowest BCUT2D eigenvalue weighted by Crippen LogP contribution is -2.55. The van der Waals surface area contributed by atoms with Crippen LogP contribution in [0.25, 0.3) is 0 Å². The van der Waals surface area contributed by atoms with Crippen LogP contribution in [-0.2, 0) is 9.59 Å². The summed E-state index contributed by atoms with van der Waals surface area (Å²) >= 11 is 0. The molecule has 0 bridgehead atoms. The van der Waals surface area contributed by atoms with E-state index < -0.39 is 11.5 Å². The fourth-order valence-corrected chi connectivity index (χ4v) is 9.69. The number of carbonyl (C=O) groups excluding carboxylic acids is 2. The number of hydrogen-bond acceptors (Lipinski definition) is 5. The molecule has 0 unspecified atom stereocenters. The Labute approximate surface area is 231 Å². The second-order valence-corrected chi connectivity index (χ2v) is 14.3. The lowest BCUT2D eigenvalue weighted by atomic mass is 9.48. The van der Waals surface area contributed by atoms with Crippen molar-refractivity contribution < 1.29 is 19.8 Å². The molecule has 3 fully saturated rings. The lowest BCUT2D eigenvalue weighted by molar-refractivity contribution is -0.147. The maximum absolute atomic E-state index is 13.9. The van der Waals surface area contributed by atoms with Gasteiger partial charge >= 0.3 is 0 Å². The Bertz CT molecular complexity index is 944. The van der Waals surface area contributed by atoms with Gasteiger partial charge in [-0.25, -0.2) is 0 Å². The summed E-state index contributed by atoms with van der Waals surface area (Å²) in [6.07, 6.45) is 8.08. The largest absolute Gasteiger partial charge is 0.396 e. The number of aliphatic hydroxyl groups excluding tert-OH is 2. The van der Waals surface area contributed by atoms with E-state index in [0.717, 1.165) is 38.5 Å². The van der Waals surface area contributed by atoms with E-state index in [-0.39, 0.29) is 65.0 Å². The normalized spacial score (nSPS) is 43.7. The number of fused-ring (bicyclic) bond motifs is 4. The summed E-state index contributed by atoms with van der Waals surface area (Å²) in [5.41, 5.74) is 0.486. The van der Waals surface area contributed by atoms with E-state index in [1.165, 1.54) is 5.57 Å². The first-order chi connectivity index (χ1) is 17.8. The quantitative estimate of drug-likeness (QED) is 0.419. The molecule has 10 atom stereocenters. The van der Waals surface area contributed by atoms with Gasteiger partial charge in [-0.3, -0.25) is 9.59 Å². The molecule has 0 spiro atoms. The van der Waals surface area contributed by atoms with Crippen molar-refractivity contribution in [3.63, 3.8) is 0 Å². The molecule has 3 N–H and O–H groups in total. The highest BCUT2D eigenvalue weighted by Gasteiger charge is 2.67. The van der Waals surface area contributed by atoms with Gasteiger partial charge in [0, 0.05) is 41.7 Å². The van der Waals surface area contributed by atoms with Crippen LogP contribution >= 0.6 is 0 Å². The summed E-state index contributed by atoms with van der Waals surface area (Å²) in [6.45, 7) is 13.1. The van der Waals surface area contributed by atoms with Crippen molar-refractivity contribution in [2.75, 3.05) is 20.7 Å². The van der Waals surface area contributed by atoms with Crippen LogP contribution in [0.5, 0.6) is 0 Å². The molecule has 0 heterocycles. The van der Waals surface area contributed by atoms with Gasteiger partial charge in [-0.2, -0.15) is 0 Å². The van der Waals surface area contributed by atoms with E-state index >= 15 is 0 Å².